The number of carbonyl (C=O) groups excluding carboxylic acids is 1. The Bertz CT molecular complexity index is 332. The maximum atomic E-state index is 10.9. The van der Waals surface area contributed by atoms with Crippen molar-refractivity contribution in [1.82, 2.24) is 4.98 Å². The molecule has 0 spiro atoms. The smallest absolute Gasteiger partial charge is 0.433 e. The largest absolute Gasteiger partial charge is 0.515 e. The summed E-state index contributed by atoms with van der Waals surface area (Å²) in [5, 5.41) is 8.17. The molecule has 0 aliphatic rings. The van der Waals surface area contributed by atoms with Gasteiger partial charge in [0.05, 0.1) is 12.5 Å². The predicted octanol–water partition coefficient (Wildman–Crippen LogP) is 1.51. The van der Waals surface area contributed by atoms with E-state index < -0.39 is 6.16 Å². The lowest BCUT2D eigenvalue weighted by Crippen LogP contribution is -2.11. The molecular weight excluding hydrogens is 184 g/mol. The molecule has 0 amide bonds. The molecule has 72 valence electrons. The van der Waals surface area contributed by atoms with Crippen LogP contribution in [0.25, 0.3) is 0 Å². The lowest BCUT2D eigenvalue weighted by atomic mass is 10.5. The van der Waals surface area contributed by atoms with Crippen LogP contribution in [0.2, 0.25) is 0 Å². The average Bonchev–Trinajstić information content (AvgIpc) is 2.20. The number of nitrogens with zero attached hydrogens (tertiary/aromatic N) is 2. The molecule has 0 fully saturated rings. The Morgan fingerprint density at radius 1 is 1.57 bits per heavy atom. The summed E-state index contributed by atoms with van der Waals surface area (Å²) in [6.45, 7) is 0.0299. The van der Waals surface area contributed by atoms with Gasteiger partial charge in [-0.05, 0) is 6.07 Å². The second-order valence-electron chi connectivity index (χ2n) is 2.28. The highest BCUT2D eigenvalue weighted by Crippen LogP contribution is 2.04. The number of hydrogen-bond acceptors (Lipinski definition) is 5. The second kappa shape index (κ2) is 5.54. The molecule has 0 saturated heterocycles. The topological polar surface area (TPSA) is 72.2 Å². The fourth-order valence-electron chi connectivity index (χ4n) is 0.702. The van der Waals surface area contributed by atoms with Crippen molar-refractivity contribution in [3.05, 3.63) is 24.4 Å². The zero-order chi connectivity index (χ0) is 10.2. The predicted molar refractivity (Wildman–Crippen MR) is 46.4 cm³/mol. The quantitative estimate of drug-likeness (QED) is 0.536. The van der Waals surface area contributed by atoms with Crippen LogP contribution in [0, 0.1) is 11.3 Å². The third-order valence-electron chi connectivity index (χ3n) is 1.26. The van der Waals surface area contributed by atoms with E-state index in [4.69, 9.17) is 5.26 Å². The number of ether oxygens (including phenoxy) is 2. The molecule has 0 saturated carbocycles. The first kappa shape index (κ1) is 9.99. The van der Waals surface area contributed by atoms with Crippen molar-refractivity contribution in [2.24, 2.45) is 0 Å². The van der Waals surface area contributed by atoms with E-state index in [1.54, 1.807) is 12.1 Å². The number of hydrogen-bond donors (Lipinski definition) is 0. The van der Waals surface area contributed by atoms with Crippen LogP contribution in [-0.4, -0.2) is 17.7 Å². The molecule has 0 aliphatic heterocycles. The number of pyridine rings is 1. The Morgan fingerprint density at radius 3 is 3.07 bits per heavy atom. The third-order valence-corrected chi connectivity index (χ3v) is 1.26. The summed E-state index contributed by atoms with van der Waals surface area (Å²) >= 11 is 0. The van der Waals surface area contributed by atoms with E-state index in [0.29, 0.717) is 0 Å². The third kappa shape index (κ3) is 3.54. The second-order valence-corrected chi connectivity index (χ2v) is 2.28. The summed E-state index contributed by atoms with van der Waals surface area (Å²) in [5.74, 6) is 0.175. The maximum absolute atomic E-state index is 10.9. The molecule has 0 aromatic carbocycles. The van der Waals surface area contributed by atoms with Gasteiger partial charge in [-0.15, -0.1) is 0 Å². The monoisotopic (exact) mass is 192 g/mol. The first-order valence-corrected chi connectivity index (χ1v) is 3.95. The van der Waals surface area contributed by atoms with E-state index in [-0.39, 0.29) is 18.9 Å². The molecule has 1 aromatic rings. The fourth-order valence-corrected chi connectivity index (χ4v) is 0.702. The van der Waals surface area contributed by atoms with Crippen molar-refractivity contribution >= 4 is 6.16 Å². The van der Waals surface area contributed by atoms with Gasteiger partial charge in [-0.1, -0.05) is 6.07 Å². The first-order valence-electron chi connectivity index (χ1n) is 3.95. The van der Waals surface area contributed by atoms with Crippen LogP contribution in [0.1, 0.15) is 6.42 Å². The number of carbonyl (C=O) groups is 1. The van der Waals surface area contributed by atoms with Gasteiger partial charge < -0.3 is 9.47 Å². The maximum Gasteiger partial charge on any atom is 0.515 e. The molecule has 0 aliphatic carbocycles. The van der Waals surface area contributed by atoms with Gasteiger partial charge in [0.25, 0.3) is 0 Å². The van der Waals surface area contributed by atoms with Gasteiger partial charge >= 0.3 is 6.16 Å². The average molecular weight is 192 g/mol. The number of aromatic nitrogens is 1. The molecule has 1 rings (SSSR count). The highest BCUT2D eigenvalue weighted by Gasteiger charge is 2.05. The summed E-state index contributed by atoms with van der Waals surface area (Å²) in [7, 11) is 0. The highest BCUT2D eigenvalue weighted by atomic mass is 16.7. The summed E-state index contributed by atoms with van der Waals surface area (Å²) in [4.78, 5) is 14.7. The van der Waals surface area contributed by atoms with E-state index in [1.165, 1.54) is 12.3 Å². The lowest BCUT2D eigenvalue weighted by Gasteiger charge is -2.02. The van der Waals surface area contributed by atoms with E-state index in [9.17, 15) is 4.79 Å². The molecule has 1 heterocycles. The van der Waals surface area contributed by atoms with Crippen LogP contribution < -0.4 is 4.74 Å². The normalized spacial score (nSPS) is 8.79. The molecular formula is C9H8N2O3. The van der Waals surface area contributed by atoms with E-state index in [2.05, 4.69) is 14.5 Å². The first-order chi connectivity index (χ1) is 6.83. The van der Waals surface area contributed by atoms with Gasteiger partial charge in [-0.25, -0.2) is 9.78 Å². The molecule has 0 bridgehead atoms. The van der Waals surface area contributed by atoms with Gasteiger partial charge in [-0.2, -0.15) is 5.26 Å². The SMILES string of the molecule is N#CCCOC(=O)Oc1ccccn1. The molecule has 0 atom stereocenters. The van der Waals surface area contributed by atoms with Crippen molar-refractivity contribution < 1.29 is 14.3 Å². The molecule has 14 heavy (non-hydrogen) atoms. The summed E-state index contributed by atoms with van der Waals surface area (Å²) in [6, 6.07) is 6.76. The number of nitriles is 1. The lowest BCUT2D eigenvalue weighted by molar-refractivity contribution is 0.0995. The van der Waals surface area contributed by atoms with E-state index >= 15 is 0 Å². The molecule has 0 unspecified atom stereocenters. The van der Waals surface area contributed by atoms with Gasteiger partial charge in [-0.3, -0.25) is 0 Å². The van der Waals surface area contributed by atoms with Crippen molar-refractivity contribution in [2.45, 2.75) is 6.42 Å². The number of rotatable bonds is 3. The summed E-state index contributed by atoms with van der Waals surface area (Å²) in [6.07, 6.45) is 0.800. The molecule has 5 heteroatoms. The Morgan fingerprint density at radius 2 is 2.43 bits per heavy atom. The summed E-state index contributed by atoms with van der Waals surface area (Å²) < 4.78 is 9.24. The Labute approximate surface area is 80.9 Å². The van der Waals surface area contributed by atoms with Crippen LogP contribution in [0.5, 0.6) is 5.88 Å². The van der Waals surface area contributed by atoms with E-state index in [1.807, 2.05) is 6.07 Å². The van der Waals surface area contributed by atoms with Crippen molar-refractivity contribution in [2.75, 3.05) is 6.61 Å². The highest BCUT2D eigenvalue weighted by molar-refractivity contribution is 5.62. The standard InChI is InChI=1S/C9H8N2O3/c10-5-3-7-13-9(12)14-8-4-1-2-6-11-8/h1-2,4,6H,3,7H2. The Balaban J connectivity index is 2.32. The van der Waals surface area contributed by atoms with Crippen molar-refractivity contribution in [3.63, 3.8) is 0 Å². The van der Waals surface area contributed by atoms with Crippen LogP contribution in [0.15, 0.2) is 24.4 Å². The zero-order valence-corrected chi connectivity index (χ0v) is 7.34. The van der Waals surface area contributed by atoms with Gasteiger partial charge in [0, 0.05) is 12.3 Å². The van der Waals surface area contributed by atoms with Crippen LogP contribution in [0.4, 0.5) is 4.79 Å². The fraction of sp³-hybridized carbons (Fsp3) is 0.222. The zero-order valence-electron chi connectivity index (χ0n) is 7.34. The van der Waals surface area contributed by atoms with Crippen LogP contribution in [-0.2, 0) is 4.74 Å². The molecule has 1 aromatic heterocycles. The molecule has 0 radical (unpaired) electrons. The van der Waals surface area contributed by atoms with Crippen LogP contribution in [0.3, 0.4) is 0 Å². The minimum absolute atomic E-state index is 0.0299. The minimum atomic E-state index is -0.848. The van der Waals surface area contributed by atoms with Crippen LogP contribution >= 0.6 is 0 Å². The van der Waals surface area contributed by atoms with Gasteiger partial charge in [0.1, 0.15) is 6.61 Å². The van der Waals surface area contributed by atoms with Gasteiger partial charge in [0.2, 0.25) is 5.88 Å². The molecule has 0 N–H and O–H groups in total. The molecule has 5 nitrogen and oxygen atoms in total. The van der Waals surface area contributed by atoms with E-state index in [0.717, 1.165) is 0 Å². The summed E-state index contributed by atoms with van der Waals surface area (Å²) in [5.41, 5.74) is 0. The Hall–Kier alpha value is -2.09. The minimum Gasteiger partial charge on any atom is -0.433 e. The van der Waals surface area contributed by atoms with Crippen molar-refractivity contribution in [1.29, 1.82) is 5.26 Å². The van der Waals surface area contributed by atoms with Gasteiger partial charge in [0.15, 0.2) is 0 Å². The van der Waals surface area contributed by atoms with Crippen molar-refractivity contribution in [3.8, 4) is 11.9 Å². The Kier molecular flexibility index (Phi) is 3.95.